The molecule has 1 aromatic rings. The summed E-state index contributed by atoms with van der Waals surface area (Å²) in [5.74, 6) is 1.18. The maximum atomic E-state index is 9.33. The molecule has 0 saturated heterocycles. The van der Waals surface area contributed by atoms with Crippen molar-refractivity contribution in [2.24, 2.45) is 0 Å². The fraction of sp³-hybridized carbons (Fsp3) is 0.875. The zero-order valence-corrected chi connectivity index (χ0v) is 21.1. The van der Waals surface area contributed by atoms with Crippen molar-refractivity contribution >= 4 is 10.4 Å². The Morgan fingerprint density at radius 1 is 0.806 bits per heavy atom. The van der Waals surface area contributed by atoms with Gasteiger partial charge >= 0.3 is 10.4 Å². The van der Waals surface area contributed by atoms with E-state index < -0.39 is 10.4 Å². The summed E-state index contributed by atoms with van der Waals surface area (Å²) < 4.78 is 29.7. The third kappa shape index (κ3) is 22.1. The van der Waals surface area contributed by atoms with Crippen LogP contribution in [0.15, 0.2) is 6.20 Å². The molecule has 1 heterocycles. The van der Waals surface area contributed by atoms with Crippen molar-refractivity contribution in [3.05, 3.63) is 17.7 Å². The standard InChI is InChI=1S/C23H44N2.CH4O4S/c1-3-5-6-7-8-9-10-11-12-13-14-15-16-17-18-19-20-23-24-21-22(4-2)25-23;1-5-6(2,3)4/h21H,3-20H2,1-2H3,(H,24,25);1H3,(H,2,3,4). The highest BCUT2D eigenvalue weighted by molar-refractivity contribution is 7.80. The molecule has 31 heavy (non-hydrogen) atoms. The minimum Gasteiger partial charge on any atom is -0.348 e. The van der Waals surface area contributed by atoms with Crippen LogP contribution in [0.3, 0.4) is 0 Å². The van der Waals surface area contributed by atoms with Gasteiger partial charge < -0.3 is 4.98 Å². The first-order valence-electron chi connectivity index (χ1n) is 12.5. The second-order valence-corrected chi connectivity index (χ2v) is 9.53. The molecule has 0 saturated carbocycles. The fourth-order valence-corrected chi connectivity index (χ4v) is 3.55. The van der Waals surface area contributed by atoms with Crippen molar-refractivity contribution in [2.45, 2.75) is 129 Å². The number of aryl methyl sites for hydroxylation is 2. The van der Waals surface area contributed by atoms with E-state index in [4.69, 9.17) is 4.55 Å². The molecule has 0 amide bonds. The van der Waals surface area contributed by atoms with Crippen LogP contribution in [0.1, 0.15) is 128 Å². The molecular weight excluding hydrogens is 412 g/mol. The second kappa shape index (κ2) is 21.0. The summed E-state index contributed by atoms with van der Waals surface area (Å²) >= 11 is 0. The Kier molecular flexibility index (Phi) is 20.3. The normalized spacial score (nSPS) is 11.4. The van der Waals surface area contributed by atoms with Gasteiger partial charge in [-0.15, -0.1) is 0 Å². The topological polar surface area (TPSA) is 92.3 Å². The van der Waals surface area contributed by atoms with Gasteiger partial charge in [0.15, 0.2) is 0 Å². The number of hydrogen-bond donors (Lipinski definition) is 2. The molecule has 0 aromatic carbocycles. The van der Waals surface area contributed by atoms with E-state index in [0.717, 1.165) is 20.0 Å². The monoisotopic (exact) mass is 460 g/mol. The number of rotatable bonds is 19. The lowest BCUT2D eigenvalue weighted by molar-refractivity contribution is 0.324. The second-order valence-electron chi connectivity index (χ2n) is 8.34. The molecule has 6 nitrogen and oxygen atoms in total. The van der Waals surface area contributed by atoms with Gasteiger partial charge in [-0.1, -0.05) is 110 Å². The van der Waals surface area contributed by atoms with Crippen LogP contribution in [-0.4, -0.2) is 30.0 Å². The first kappa shape index (κ1) is 30.1. The Bertz CT molecular complexity index is 602. The average molecular weight is 461 g/mol. The molecule has 1 rings (SSSR count). The highest BCUT2D eigenvalue weighted by Gasteiger charge is 1.99. The zero-order valence-electron chi connectivity index (χ0n) is 20.3. The van der Waals surface area contributed by atoms with Crippen LogP contribution in [0, 0.1) is 0 Å². The van der Waals surface area contributed by atoms with Crippen molar-refractivity contribution < 1.29 is 17.2 Å². The molecule has 0 spiro atoms. The lowest BCUT2D eigenvalue weighted by Gasteiger charge is -2.03. The summed E-state index contributed by atoms with van der Waals surface area (Å²) in [4.78, 5) is 7.88. The van der Waals surface area contributed by atoms with Crippen molar-refractivity contribution in [1.82, 2.24) is 9.97 Å². The molecule has 0 aliphatic heterocycles. The number of aromatic nitrogens is 2. The number of hydrogen-bond acceptors (Lipinski definition) is 4. The van der Waals surface area contributed by atoms with E-state index in [1.54, 1.807) is 0 Å². The van der Waals surface area contributed by atoms with Gasteiger partial charge in [0.1, 0.15) is 5.82 Å². The Hall–Kier alpha value is -0.920. The van der Waals surface area contributed by atoms with Crippen molar-refractivity contribution in [2.75, 3.05) is 7.11 Å². The van der Waals surface area contributed by atoms with Gasteiger partial charge in [-0.05, 0) is 12.8 Å². The van der Waals surface area contributed by atoms with E-state index in [0.29, 0.717) is 0 Å². The SMILES string of the molecule is CCCCCCCCCCCCCCCCCCc1nc(CC)c[nH]1.COS(=O)(=O)O. The number of aromatic amines is 1. The molecule has 0 bridgehead atoms. The Morgan fingerprint density at radius 3 is 1.52 bits per heavy atom. The van der Waals surface area contributed by atoms with Crippen molar-refractivity contribution in [3.63, 3.8) is 0 Å². The van der Waals surface area contributed by atoms with Crippen LogP contribution < -0.4 is 0 Å². The third-order valence-corrected chi connectivity index (χ3v) is 5.95. The van der Waals surface area contributed by atoms with E-state index in [1.165, 1.54) is 114 Å². The molecule has 0 fully saturated rings. The quantitative estimate of drug-likeness (QED) is 0.168. The molecular formula is C24H48N2O4S. The molecule has 2 N–H and O–H groups in total. The average Bonchev–Trinajstić information content (AvgIpc) is 3.21. The van der Waals surface area contributed by atoms with Crippen molar-refractivity contribution in [3.8, 4) is 0 Å². The molecule has 1 aromatic heterocycles. The van der Waals surface area contributed by atoms with Gasteiger partial charge in [0, 0.05) is 12.6 Å². The molecule has 0 aliphatic carbocycles. The summed E-state index contributed by atoms with van der Waals surface area (Å²) in [5, 5.41) is 0. The fourth-order valence-electron chi connectivity index (χ4n) is 3.55. The Labute approximate surface area is 191 Å². The van der Waals surface area contributed by atoms with E-state index in [2.05, 4.69) is 34.2 Å². The summed E-state index contributed by atoms with van der Waals surface area (Å²) in [6, 6.07) is 0. The van der Waals surface area contributed by atoms with E-state index in [1.807, 2.05) is 0 Å². The smallest absolute Gasteiger partial charge is 0.348 e. The third-order valence-electron chi connectivity index (χ3n) is 5.52. The van der Waals surface area contributed by atoms with E-state index in [9.17, 15) is 8.42 Å². The summed E-state index contributed by atoms with van der Waals surface area (Å²) in [5.41, 5.74) is 1.20. The van der Waals surface area contributed by atoms with Crippen LogP contribution in [0.4, 0.5) is 0 Å². The minimum atomic E-state index is -4.16. The number of nitrogens with zero attached hydrogens (tertiary/aromatic N) is 1. The van der Waals surface area contributed by atoms with Gasteiger partial charge in [-0.2, -0.15) is 8.42 Å². The summed E-state index contributed by atoms with van der Waals surface area (Å²) in [6.45, 7) is 4.46. The molecule has 184 valence electrons. The van der Waals surface area contributed by atoms with Crippen LogP contribution in [0.2, 0.25) is 0 Å². The first-order chi connectivity index (χ1) is 14.9. The maximum Gasteiger partial charge on any atom is 0.397 e. The number of nitrogens with one attached hydrogen (secondary N) is 1. The lowest BCUT2D eigenvalue weighted by Crippen LogP contribution is -1.96. The number of H-pyrrole nitrogens is 1. The Morgan fingerprint density at radius 2 is 1.19 bits per heavy atom. The highest BCUT2D eigenvalue weighted by Crippen LogP contribution is 2.14. The molecule has 0 atom stereocenters. The number of unbranched alkanes of at least 4 members (excludes halogenated alkanes) is 15. The highest BCUT2D eigenvalue weighted by atomic mass is 32.3. The predicted octanol–water partition coefficient (Wildman–Crippen LogP) is 7.21. The van der Waals surface area contributed by atoms with Gasteiger partial charge in [-0.3, -0.25) is 8.74 Å². The predicted molar refractivity (Wildman–Crippen MR) is 130 cm³/mol. The summed E-state index contributed by atoms with van der Waals surface area (Å²) in [7, 11) is -3.29. The molecule has 0 radical (unpaired) electrons. The van der Waals surface area contributed by atoms with Gasteiger partial charge in [0.05, 0.1) is 12.8 Å². The molecule has 7 heteroatoms. The minimum absolute atomic E-state index is 0.870. The maximum absolute atomic E-state index is 9.33. The van der Waals surface area contributed by atoms with E-state index in [-0.39, 0.29) is 0 Å². The molecule has 0 aliphatic rings. The van der Waals surface area contributed by atoms with Crippen LogP contribution in [0.25, 0.3) is 0 Å². The lowest BCUT2D eigenvalue weighted by atomic mass is 10.0. The van der Waals surface area contributed by atoms with Crippen LogP contribution >= 0.6 is 0 Å². The van der Waals surface area contributed by atoms with Crippen molar-refractivity contribution in [1.29, 1.82) is 0 Å². The van der Waals surface area contributed by atoms with Gasteiger partial charge in [-0.25, -0.2) is 4.98 Å². The molecule has 0 unspecified atom stereocenters. The van der Waals surface area contributed by atoms with Crippen LogP contribution in [-0.2, 0) is 27.4 Å². The zero-order chi connectivity index (χ0) is 23.2. The van der Waals surface area contributed by atoms with Gasteiger partial charge in [0.2, 0.25) is 0 Å². The van der Waals surface area contributed by atoms with Crippen LogP contribution in [0.5, 0.6) is 0 Å². The number of imidazole rings is 1. The summed E-state index contributed by atoms with van der Waals surface area (Å²) in [6.07, 6.45) is 27.1. The largest absolute Gasteiger partial charge is 0.397 e. The first-order valence-corrected chi connectivity index (χ1v) is 13.9. The van der Waals surface area contributed by atoms with E-state index >= 15 is 0 Å². The Balaban J connectivity index is 0.00000131. The van der Waals surface area contributed by atoms with Gasteiger partial charge in [0.25, 0.3) is 0 Å².